The summed E-state index contributed by atoms with van der Waals surface area (Å²) in [5.74, 6) is -2.38. The van der Waals surface area contributed by atoms with Crippen molar-refractivity contribution in [1.29, 1.82) is 0 Å². The van der Waals surface area contributed by atoms with Gasteiger partial charge in [-0.2, -0.15) is 0 Å². The van der Waals surface area contributed by atoms with Gasteiger partial charge in [-0.1, -0.05) is 65.8 Å². The number of nitrogens with one attached hydrogen (secondary N) is 3. The minimum Gasteiger partial charge on any atom is -0.461 e. The van der Waals surface area contributed by atoms with E-state index >= 15 is 0 Å². The van der Waals surface area contributed by atoms with E-state index in [1.165, 1.54) is 12.1 Å². The lowest BCUT2D eigenvalue weighted by atomic mass is 10.1. The molecule has 2 aromatic carbocycles. The summed E-state index contributed by atoms with van der Waals surface area (Å²) >= 11 is 0. The predicted octanol–water partition coefficient (Wildman–Crippen LogP) is 3.69. The number of esters is 2. The average molecular weight is 654 g/mol. The van der Waals surface area contributed by atoms with E-state index in [2.05, 4.69) is 26.1 Å². The van der Waals surface area contributed by atoms with Gasteiger partial charge in [-0.25, -0.2) is 9.80 Å². The second kappa shape index (κ2) is 20.1. The Kier molecular flexibility index (Phi) is 16.3. The fourth-order valence-corrected chi connectivity index (χ4v) is 4.08. The van der Waals surface area contributed by atoms with Gasteiger partial charge in [0.05, 0.1) is 0 Å². The molecule has 2 atom stereocenters. The number of ether oxygens (including phenoxy) is 3. The van der Waals surface area contributed by atoms with Crippen molar-refractivity contribution in [2.75, 3.05) is 20.1 Å². The zero-order chi connectivity index (χ0) is 34.7. The molecule has 0 saturated heterocycles. The van der Waals surface area contributed by atoms with Gasteiger partial charge >= 0.3 is 18.0 Å². The highest BCUT2D eigenvalue weighted by Gasteiger charge is 2.28. The highest BCUT2D eigenvalue weighted by molar-refractivity contribution is 5.87. The van der Waals surface area contributed by atoms with Gasteiger partial charge in [0.2, 0.25) is 11.8 Å². The first-order chi connectivity index (χ1) is 22.3. The molecule has 0 bridgehead atoms. The van der Waals surface area contributed by atoms with Crippen molar-refractivity contribution in [3.05, 3.63) is 82.2 Å². The summed E-state index contributed by atoms with van der Waals surface area (Å²) in [5.41, 5.74) is 12.0. The number of likely N-dealkylation sites (N-methyl/N-ethyl adjacent to an activating group) is 1. The van der Waals surface area contributed by atoms with Gasteiger partial charge in [0.1, 0.15) is 31.4 Å². The molecule has 0 fully saturated rings. The molecular formula is C32H43N7O8. The van der Waals surface area contributed by atoms with E-state index < -0.39 is 47.5 Å². The van der Waals surface area contributed by atoms with E-state index in [4.69, 9.17) is 19.7 Å². The lowest BCUT2D eigenvalue weighted by Crippen LogP contribution is -2.52. The predicted molar refractivity (Wildman–Crippen MR) is 171 cm³/mol. The first-order valence-corrected chi connectivity index (χ1v) is 15.0. The number of carbonyl (C=O) groups is 5. The molecule has 0 spiro atoms. The van der Waals surface area contributed by atoms with Crippen molar-refractivity contribution in [1.82, 2.24) is 21.1 Å². The number of hydrogen-bond donors (Lipinski definition) is 3. The maximum Gasteiger partial charge on any atom is 0.408 e. The largest absolute Gasteiger partial charge is 0.461 e. The van der Waals surface area contributed by atoms with Crippen LogP contribution in [0.4, 0.5) is 4.79 Å². The van der Waals surface area contributed by atoms with E-state index in [1.807, 2.05) is 48.5 Å². The van der Waals surface area contributed by atoms with Crippen molar-refractivity contribution in [3.8, 4) is 0 Å². The maximum atomic E-state index is 13.4. The molecule has 2 aromatic rings. The molecule has 3 N–H and O–H groups in total. The van der Waals surface area contributed by atoms with Gasteiger partial charge in [0.25, 0.3) is 0 Å². The first-order valence-electron chi connectivity index (χ1n) is 15.0. The lowest BCUT2D eigenvalue weighted by Gasteiger charge is -2.25. The molecule has 0 aliphatic carbocycles. The maximum absolute atomic E-state index is 13.4. The average Bonchev–Trinajstić information content (AvgIpc) is 3.01. The zero-order valence-electron chi connectivity index (χ0n) is 27.1. The summed E-state index contributed by atoms with van der Waals surface area (Å²) in [6.07, 6.45) is -1.37. The SMILES string of the molecule is CN(CC(=O)OCc1ccccc1)NC(=O)C[C@H](CCN=[N+]=[N-])NC(=O)[C@H](CCC(=O)OCc1ccccc1)NC(=O)OC(C)(C)C. The van der Waals surface area contributed by atoms with Crippen LogP contribution >= 0.6 is 0 Å². The molecule has 47 heavy (non-hydrogen) atoms. The van der Waals surface area contributed by atoms with Gasteiger partial charge in [0.15, 0.2) is 0 Å². The summed E-state index contributed by atoms with van der Waals surface area (Å²) in [6, 6.07) is 16.1. The molecular weight excluding hydrogens is 610 g/mol. The number of hydrazine groups is 1. The normalized spacial score (nSPS) is 12.1. The quantitative estimate of drug-likeness (QED) is 0.0536. The molecule has 0 aromatic heterocycles. The summed E-state index contributed by atoms with van der Waals surface area (Å²) in [7, 11) is 1.48. The van der Waals surface area contributed by atoms with Crippen molar-refractivity contribution < 1.29 is 38.2 Å². The van der Waals surface area contributed by atoms with Gasteiger partial charge in [-0.15, -0.1) is 0 Å². The van der Waals surface area contributed by atoms with Crippen LogP contribution in [-0.4, -0.2) is 72.7 Å². The molecule has 254 valence electrons. The number of carbonyl (C=O) groups excluding carboxylic acids is 5. The van der Waals surface area contributed by atoms with Crippen LogP contribution < -0.4 is 16.1 Å². The number of nitrogens with zero attached hydrogens (tertiary/aromatic N) is 4. The molecule has 0 aliphatic heterocycles. The summed E-state index contributed by atoms with van der Waals surface area (Å²) in [6.45, 7) is 4.83. The summed E-state index contributed by atoms with van der Waals surface area (Å²) in [4.78, 5) is 66.2. The third kappa shape index (κ3) is 17.2. The van der Waals surface area contributed by atoms with Crippen LogP contribution in [0.3, 0.4) is 0 Å². The number of hydrogen-bond acceptors (Lipinski definition) is 10. The van der Waals surface area contributed by atoms with Crippen LogP contribution in [0.25, 0.3) is 10.4 Å². The van der Waals surface area contributed by atoms with E-state index in [0.717, 1.165) is 11.1 Å². The molecule has 15 nitrogen and oxygen atoms in total. The second-order valence-electron chi connectivity index (χ2n) is 11.6. The van der Waals surface area contributed by atoms with E-state index in [0.29, 0.717) is 0 Å². The minimum atomic E-state index is -1.22. The number of amides is 3. The Balaban J connectivity index is 2.00. The van der Waals surface area contributed by atoms with Crippen LogP contribution in [0.2, 0.25) is 0 Å². The summed E-state index contributed by atoms with van der Waals surface area (Å²) < 4.78 is 15.8. The Labute approximate surface area is 273 Å². The third-order valence-electron chi connectivity index (χ3n) is 6.23. The van der Waals surface area contributed by atoms with Crippen LogP contribution in [0.1, 0.15) is 57.6 Å². The van der Waals surface area contributed by atoms with Crippen molar-refractivity contribution >= 4 is 29.8 Å². The summed E-state index contributed by atoms with van der Waals surface area (Å²) in [5, 5.41) is 9.91. The Morgan fingerprint density at radius 2 is 1.45 bits per heavy atom. The molecule has 15 heteroatoms. The Hall–Kier alpha value is -5.14. The molecule has 2 rings (SSSR count). The van der Waals surface area contributed by atoms with Gasteiger partial charge < -0.3 is 24.8 Å². The highest BCUT2D eigenvalue weighted by atomic mass is 16.6. The molecule has 0 heterocycles. The zero-order valence-corrected chi connectivity index (χ0v) is 27.1. The van der Waals surface area contributed by atoms with Gasteiger partial charge in [0, 0.05) is 37.4 Å². The van der Waals surface area contributed by atoms with Crippen LogP contribution in [-0.2, 0) is 46.6 Å². The fourth-order valence-electron chi connectivity index (χ4n) is 4.08. The Morgan fingerprint density at radius 3 is 2.00 bits per heavy atom. The molecule has 3 amide bonds. The number of alkyl carbamates (subject to hydrolysis) is 1. The van der Waals surface area contributed by atoms with Crippen molar-refractivity contribution in [3.63, 3.8) is 0 Å². The monoisotopic (exact) mass is 653 g/mol. The van der Waals surface area contributed by atoms with Crippen LogP contribution in [0.15, 0.2) is 65.8 Å². The van der Waals surface area contributed by atoms with Crippen LogP contribution in [0, 0.1) is 0 Å². The van der Waals surface area contributed by atoms with Crippen molar-refractivity contribution in [2.45, 2.75) is 77.4 Å². The molecule has 0 radical (unpaired) electrons. The molecule has 0 aliphatic rings. The first kappa shape index (κ1) is 38.0. The minimum absolute atomic E-state index is 0.0354. The van der Waals surface area contributed by atoms with Crippen molar-refractivity contribution in [2.24, 2.45) is 5.11 Å². The lowest BCUT2D eigenvalue weighted by molar-refractivity contribution is -0.147. The topological polar surface area (TPSA) is 201 Å². The number of azide groups is 1. The van der Waals surface area contributed by atoms with Gasteiger partial charge in [-0.3, -0.25) is 24.6 Å². The number of benzene rings is 2. The van der Waals surface area contributed by atoms with Gasteiger partial charge in [-0.05, 0) is 50.3 Å². The smallest absolute Gasteiger partial charge is 0.408 e. The van der Waals surface area contributed by atoms with E-state index in [9.17, 15) is 24.0 Å². The highest BCUT2D eigenvalue weighted by Crippen LogP contribution is 2.10. The Morgan fingerprint density at radius 1 is 0.872 bits per heavy atom. The fraction of sp³-hybridized carbons (Fsp3) is 0.469. The molecule has 0 unspecified atom stereocenters. The third-order valence-corrected chi connectivity index (χ3v) is 6.23. The molecule has 0 saturated carbocycles. The van der Waals surface area contributed by atoms with E-state index in [-0.39, 0.29) is 52.0 Å². The number of rotatable bonds is 18. The second-order valence-corrected chi connectivity index (χ2v) is 11.6. The Bertz CT molecular complexity index is 1360. The standard InChI is InChI=1S/C32H43N7O8/c1-32(2,3)47-31(44)36-26(15-16-28(41)45-21-23-11-7-5-8-12-23)30(43)35-25(17-18-34-38-33)19-27(40)37-39(4)20-29(42)46-22-24-13-9-6-10-14-24/h5-14,25-26H,15-22H2,1-4H3,(H,35,43)(H,36,44)(H,37,40)/t25-,26-/m0/s1. The van der Waals surface area contributed by atoms with Crippen LogP contribution in [0.5, 0.6) is 0 Å². The van der Waals surface area contributed by atoms with E-state index in [1.54, 1.807) is 32.9 Å².